The van der Waals surface area contributed by atoms with Crippen LogP contribution < -0.4 is 0 Å². The summed E-state index contributed by atoms with van der Waals surface area (Å²) in [5, 5.41) is 7.47. The van der Waals surface area contributed by atoms with Crippen LogP contribution >= 0.6 is 0 Å². The topological polar surface area (TPSA) is 57.4 Å². The van der Waals surface area contributed by atoms with Gasteiger partial charge < -0.3 is 9.47 Å². The van der Waals surface area contributed by atoms with E-state index in [0.29, 0.717) is 13.2 Å². The van der Waals surface area contributed by atoms with Gasteiger partial charge in [0.25, 0.3) is 0 Å². The predicted molar refractivity (Wildman–Crippen MR) is 46.4 cm³/mol. The van der Waals surface area contributed by atoms with Crippen LogP contribution in [0.15, 0.2) is 22.8 Å². The quantitative estimate of drug-likeness (QED) is 0.680. The van der Waals surface area contributed by atoms with Crippen LogP contribution in [0.1, 0.15) is 11.9 Å². The number of fused-ring (bicyclic) bond motifs is 1. The molecule has 0 amide bonds. The lowest BCUT2D eigenvalue weighted by molar-refractivity contribution is -0.0440. The first-order valence-corrected chi connectivity index (χ1v) is 4.39. The van der Waals surface area contributed by atoms with Crippen LogP contribution in [-0.2, 0) is 9.47 Å². The SMILES string of the molecule is c1cc2nonc2cc1C1OCCO1. The number of benzene rings is 1. The molecule has 14 heavy (non-hydrogen) atoms. The number of aromatic nitrogens is 2. The molecular formula is C9H8N2O3. The summed E-state index contributed by atoms with van der Waals surface area (Å²) < 4.78 is 15.3. The van der Waals surface area contributed by atoms with Crippen LogP contribution in [-0.4, -0.2) is 23.5 Å². The summed E-state index contributed by atoms with van der Waals surface area (Å²) in [4.78, 5) is 0. The van der Waals surface area contributed by atoms with Gasteiger partial charge >= 0.3 is 0 Å². The molecule has 0 spiro atoms. The van der Waals surface area contributed by atoms with E-state index in [4.69, 9.17) is 9.47 Å². The summed E-state index contributed by atoms with van der Waals surface area (Å²) in [6, 6.07) is 5.61. The molecule has 1 saturated heterocycles. The van der Waals surface area contributed by atoms with Crippen molar-refractivity contribution >= 4 is 11.0 Å². The highest BCUT2D eigenvalue weighted by molar-refractivity contribution is 5.73. The standard InChI is InChI=1S/C9H8N2O3/c1-2-7-8(11-14-10-7)5-6(1)9-12-3-4-13-9/h1-2,5,9H,3-4H2. The second-order valence-corrected chi connectivity index (χ2v) is 3.09. The molecule has 0 bridgehead atoms. The first-order chi connectivity index (χ1) is 6.93. The first kappa shape index (κ1) is 7.90. The molecule has 0 aliphatic carbocycles. The lowest BCUT2D eigenvalue weighted by atomic mass is 10.2. The summed E-state index contributed by atoms with van der Waals surface area (Å²) in [5.74, 6) is 0. The van der Waals surface area contributed by atoms with Crippen LogP contribution in [0.5, 0.6) is 0 Å². The van der Waals surface area contributed by atoms with Gasteiger partial charge in [0, 0.05) is 5.56 Å². The van der Waals surface area contributed by atoms with E-state index in [1.807, 2.05) is 18.2 Å². The van der Waals surface area contributed by atoms with E-state index < -0.39 is 0 Å². The Morgan fingerprint density at radius 1 is 1.07 bits per heavy atom. The molecule has 0 atom stereocenters. The minimum absolute atomic E-state index is 0.268. The maximum absolute atomic E-state index is 5.36. The zero-order chi connectivity index (χ0) is 9.38. The van der Waals surface area contributed by atoms with Gasteiger partial charge in [-0.3, -0.25) is 0 Å². The normalized spacial score (nSPS) is 18.0. The third kappa shape index (κ3) is 1.18. The average Bonchev–Trinajstić information content (AvgIpc) is 2.88. The van der Waals surface area contributed by atoms with Gasteiger partial charge in [0.05, 0.1) is 13.2 Å². The van der Waals surface area contributed by atoms with Gasteiger partial charge in [-0.2, -0.15) is 0 Å². The van der Waals surface area contributed by atoms with E-state index in [0.717, 1.165) is 16.6 Å². The third-order valence-corrected chi connectivity index (χ3v) is 2.17. The monoisotopic (exact) mass is 192 g/mol. The number of ether oxygens (including phenoxy) is 2. The largest absolute Gasteiger partial charge is 0.346 e. The molecule has 1 aliphatic heterocycles. The summed E-state index contributed by atoms with van der Waals surface area (Å²) >= 11 is 0. The first-order valence-electron chi connectivity index (χ1n) is 4.39. The van der Waals surface area contributed by atoms with E-state index >= 15 is 0 Å². The molecule has 2 heterocycles. The zero-order valence-corrected chi connectivity index (χ0v) is 7.34. The molecule has 1 aliphatic rings. The summed E-state index contributed by atoms with van der Waals surface area (Å²) in [6.45, 7) is 1.28. The molecule has 1 aromatic heterocycles. The van der Waals surface area contributed by atoms with E-state index in [-0.39, 0.29) is 6.29 Å². The Morgan fingerprint density at radius 2 is 1.86 bits per heavy atom. The van der Waals surface area contributed by atoms with Gasteiger partial charge in [-0.15, -0.1) is 0 Å². The zero-order valence-electron chi connectivity index (χ0n) is 7.34. The molecule has 0 N–H and O–H groups in total. The maximum atomic E-state index is 5.36. The van der Waals surface area contributed by atoms with Gasteiger partial charge in [-0.05, 0) is 22.4 Å². The molecule has 1 fully saturated rings. The molecule has 0 saturated carbocycles. The predicted octanol–water partition coefficient (Wildman–Crippen LogP) is 1.27. The fourth-order valence-corrected chi connectivity index (χ4v) is 1.50. The van der Waals surface area contributed by atoms with Crippen molar-refractivity contribution in [3.63, 3.8) is 0 Å². The van der Waals surface area contributed by atoms with Crippen molar-refractivity contribution in [1.82, 2.24) is 10.3 Å². The van der Waals surface area contributed by atoms with Crippen LogP contribution in [0.4, 0.5) is 0 Å². The lowest BCUT2D eigenvalue weighted by Gasteiger charge is -2.07. The van der Waals surface area contributed by atoms with Crippen molar-refractivity contribution < 1.29 is 14.1 Å². The number of hydrogen-bond acceptors (Lipinski definition) is 5. The molecule has 3 rings (SSSR count). The van der Waals surface area contributed by atoms with Gasteiger partial charge in [0.1, 0.15) is 11.0 Å². The van der Waals surface area contributed by atoms with Gasteiger partial charge in [-0.1, -0.05) is 6.07 Å². The molecular weight excluding hydrogens is 184 g/mol. The second-order valence-electron chi connectivity index (χ2n) is 3.09. The smallest absolute Gasteiger partial charge is 0.184 e. The summed E-state index contributed by atoms with van der Waals surface area (Å²) in [7, 11) is 0. The fourth-order valence-electron chi connectivity index (χ4n) is 1.50. The fraction of sp³-hybridized carbons (Fsp3) is 0.333. The Kier molecular flexibility index (Phi) is 1.71. The van der Waals surface area contributed by atoms with Crippen LogP contribution in [0, 0.1) is 0 Å². The average molecular weight is 192 g/mol. The van der Waals surface area contributed by atoms with Crippen molar-refractivity contribution in [1.29, 1.82) is 0 Å². The molecule has 1 aromatic carbocycles. The van der Waals surface area contributed by atoms with E-state index in [1.54, 1.807) is 0 Å². The highest BCUT2D eigenvalue weighted by Gasteiger charge is 2.18. The van der Waals surface area contributed by atoms with Gasteiger partial charge in [0.2, 0.25) is 0 Å². The third-order valence-electron chi connectivity index (χ3n) is 2.17. The lowest BCUT2D eigenvalue weighted by Crippen LogP contribution is -1.97. The minimum atomic E-state index is -0.268. The highest BCUT2D eigenvalue weighted by Crippen LogP contribution is 2.25. The van der Waals surface area contributed by atoms with E-state index in [1.165, 1.54) is 0 Å². The molecule has 72 valence electrons. The van der Waals surface area contributed by atoms with Crippen molar-refractivity contribution in [3.05, 3.63) is 23.8 Å². The Labute approximate surface area is 79.6 Å². The Morgan fingerprint density at radius 3 is 2.71 bits per heavy atom. The molecule has 5 nitrogen and oxygen atoms in total. The maximum Gasteiger partial charge on any atom is 0.184 e. The van der Waals surface area contributed by atoms with Crippen LogP contribution in [0.3, 0.4) is 0 Å². The summed E-state index contributed by atoms with van der Waals surface area (Å²) in [6.07, 6.45) is -0.268. The molecule has 0 unspecified atom stereocenters. The molecule has 2 aromatic rings. The highest BCUT2D eigenvalue weighted by atomic mass is 16.7. The Hall–Kier alpha value is -1.46. The van der Waals surface area contributed by atoms with Crippen molar-refractivity contribution in [2.75, 3.05) is 13.2 Å². The minimum Gasteiger partial charge on any atom is -0.346 e. The van der Waals surface area contributed by atoms with Crippen LogP contribution in [0.2, 0.25) is 0 Å². The Bertz CT molecular complexity index is 448. The Balaban J connectivity index is 2.04. The van der Waals surface area contributed by atoms with Crippen molar-refractivity contribution in [2.24, 2.45) is 0 Å². The van der Waals surface area contributed by atoms with E-state index in [9.17, 15) is 0 Å². The van der Waals surface area contributed by atoms with Crippen molar-refractivity contribution in [2.45, 2.75) is 6.29 Å². The second kappa shape index (κ2) is 3.04. The van der Waals surface area contributed by atoms with E-state index in [2.05, 4.69) is 14.9 Å². The van der Waals surface area contributed by atoms with Gasteiger partial charge in [0.15, 0.2) is 6.29 Å². The van der Waals surface area contributed by atoms with Crippen LogP contribution in [0.25, 0.3) is 11.0 Å². The van der Waals surface area contributed by atoms with Gasteiger partial charge in [-0.25, -0.2) is 4.63 Å². The number of rotatable bonds is 1. The molecule has 0 radical (unpaired) electrons. The molecule has 5 heteroatoms. The number of hydrogen-bond donors (Lipinski definition) is 0. The van der Waals surface area contributed by atoms with Crippen molar-refractivity contribution in [3.8, 4) is 0 Å². The summed E-state index contributed by atoms with van der Waals surface area (Å²) in [5.41, 5.74) is 2.42. The number of nitrogens with zero attached hydrogens (tertiary/aromatic N) is 2.